The summed E-state index contributed by atoms with van der Waals surface area (Å²) in [4.78, 5) is 0. The maximum absolute atomic E-state index is 10.4. The molecule has 0 saturated heterocycles. The van der Waals surface area contributed by atoms with Gasteiger partial charge in [-0.2, -0.15) is 42.1 Å². The van der Waals surface area contributed by atoms with Gasteiger partial charge in [0.2, 0.25) is 20.6 Å². The molecule has 0 rings (SSSR count). The van der Waals surface area contributed by atoms with Gasteiger partial charge in [-0.3, -0.25) is 0 Å². The fraction of sp³-hybridized carbons (Fsp3) is 0.600. The van der Waals surface area contributed by atoms with Crippen molar-refractivity contribution in [1.29, 1.82) is 0 Å². The Morgan fingerprint density at radius 2 is 1.23 bits per heavy atom. The minimum atomic E-state index is -2.43. The molecule has 0 atom stereocenters. The minimum Gasteiger partial charge on any atom is -0.185 e. The standard InChI is InChI=1S/C5H8O4S4/c6-12(7)3-5(1-10,2-11)4-13(8)9/h3-4,10-11H,1-2H2. The highest BCUT2D eigenvalue weighted by Crippen LogP contribution is 2.14. The normalized spacial score (nSPS) is 10.6. The van der Waals surface area contributed by atoms with E-state index >= 15 is 0 Å². The topological polar surface area (TPSA) is 68.3 Å². The summed E-state index contributed by atoms with van der Waals surface area (Å²) >= 11 is 7.75. The maximum atomic E-state index is 10.4. The second-order valence-corrected chi connectivity index (χ2v) is 4.45. The van der Waals surface area contributed by atoms with Crippen molar-refractivity contribution in [3.05, 3.63) is 0 Å². The molecule has 13 heavy (non-hydrogen) atoms. The lowest BCUT2D eigenvalue weighted by Gasteiger charge is -2.17. The van der Waals surface area contributed by atoms with Crippen LogP contribution in [0.3, 0.4) is 0 Å². The molecule has 0 aliphatic carbocycles. The summed E-state index contributed by atoms with van der Waals surface area (Å²) in [5.41, 5.74) is -1.12. The van der Waals surface area contributed by atoms with Gasteiger partial charge in [-0.1, -0.05) is 0 Å². The van der Waals surface area contributed by atoms with Gasteiger partial charge in [0.15, 0.2) is 0 Å². The molecule has 4 nitrogen and oxygen atoms in total. The molecule has 0 unspecified atom stereocenters. The zero-order valence-corrected chi connectivity index (χ0v) is 9.83. The third kappa shape index (κ3) is 4.75. The van der Waals surface area contributed by atoms with Crippen molar-refractivity contribution < 1.29 is 16.8 Å². The molecule has 0 heterocycles. The molecule has 0 spiro atoms. The third-order valence-electron chi connectivity index (χ3n) is 1.25. The average Bonchev–Trinajstić information content (AvgIpc) is 2.01. The molecule has 0 aliphatic heterocycles. The van der Waals surface area contributed by atoms with E-state index in [1.807, 2.05) is 0 Å². The Hall–Kier alpha value is 0.0800. The summed E-state index contributed by atoms with van der Waals surface area (Å²) in [6.07, 6.45) is 0. The van der Waals surface area contributed by atoms with Crippen molar-refractivity contribution in [2.75, 3.05) is 11.5 Å². The summed E-state index contributed by atoms with van der Waals surface area (Å²) in [6, 6.07) is 0. The molecular weight excluding hydrogens is 252 g/mol. The Bertz CT molecular complexity index is 357. The summed E-state index contributed by atoms with van der Waals surface area (Å²) in [5.74, 6) is 0.136. The largest absolute Gasteiger partial charge is 0.210 e. The van der Waals surface area contributed by atoms with Crippen molar-refractivity contribution in [2.24, 2.45) is 5.41 Å². The number of hydrogen-bond acceptors (Lipinski definition) is 6. The first-order valence-corrected chi connectivity index (χ1v) is 6.60. The predicted octanol–water partition coefficient (Wildman–Crippen LogP) is -0.805. The Morgan fingerprint density at radius 1 is 0.923 bits per heavy atom. The van der Waals surface area contributed by atoms with Crippen LogP contribution in [0.1, 0.15) is 0 Å². The molecule has 0 bridgehead atoms. The van der Waals surface area contributed by atoms with Gasteiger partial charge in [-0.05, 0) is 0 Å². The van der Waals surface area contributed by atoms with Crippen LogP contribution in [0, 0.1) is 5.41 Å². The van der Waals surface area contributed by atoms with Crippen molar-refractivity contribution in [3.63, 3.8) is 0 Å². The first-order valence-electron chi connectivity index (χ1n) is 3.05. The number of hydrogen-bond donors (Lipinski definition) is 2. The van der Waals surface area contributed by atoms with E-state index in [4.69, 9.17) is 0 Å². The highest BCUT2D eigenvalue weighted by molar-refractivity contribution is 7.82. The quantitative estimate of drug-likeness (QED) is 0.513. The molecule has 0 aromatic rings. The van der Waals surface area contributed by atoms with E-state index in [0.29, 0.717) is 0 Å². The number of thiol groups is 2. The van der Waals surface area contributed by atoms with E-state index in [2.05, 4.69) is 25.3 Å². The SMILES string of the molecule is O=S(=O)=CC(C=S(=O)=O)(CS)CS. The Morgan fingerprint density at radius 3 is 1.38 bits per heavy atom. The van der Waals surface area contributed by atoms with Crippen molar-refractivity contribution in [2.45, 2.75) is 0 Å². The molecule has 0 aromatic heterocycles. The van der Waals surface area contributed by atoms with Gasteiger partial charge in [0, 0.05) is 22.2 Å². The lowest BCUT2D eigenvalue weighted by Crippen LogP contribution is -2.29. The Labute approximate surface area is 90.2 Å². The lowest BCUT2D eigenvalue weighted by atomic mass is 10.00. The van der Waals surface area contributed by atoms with Gasteiger partial charge >= 0.3 is 0 Å². The van der Waals surface area contributed by atoms with Gasteiger partial charge < -0.3 is 0 Å². The van der Waals surface area contributed by atoms with E-state index in [1.54, 1.807) is 0 Å². The van der Waals surface area contributed by atoms with E-state index in [1.165, 1.54) is 0 Å². The van der Waals surface area contributed by atoms with Crippen LogP contribution < -0.4 is 0 Å². The molecule has 8 heteroatoms. The zero-order chi connectivity index (χ0) is 10.5. The second kappa shape index (κ2) is 5.74. The van der Waals surface area contributed by atoms with Gasteiger partial charge in [-0.25, -0.2) is 0 Å². The van der Waals surface area contributed by atoms with Crippen LogP contribution in [-0.2, 0) is 20.6 Å². The first-order chi connectivity index (χ1) is 5.95. The molecule has 0 aliphatic rings. The van der Waals surface area contributed by atoms with Crippen LogP contribution in [0.15, 0.2) is 0 Å². The van der Waals surface area contributed by atoms with Crippen LogP contribution >= 0.6 is 25.3 Å². The van der Waals surface area contributed by atoms with Crippen LogP contribution in [0.2, 0.25) is 0 Å². The minimum absolute atomic E-state index is 0.0679. The van der Waals surface area contributed by atoms with Crippen LogP contribution in [-0.4, -0.2) is 39.1 Å². The Kier molecular flexibility index (Phi) is 5.77. The lowest BCUT2D eigenvalue weighted by molar-refractivity contribution is 0.626. The summed E-state index contributed by atoms with van der Waals surface area (Å²) < 4.78 is 41.5. The highest BCUT2D eigenvalue weighted by Gasteiger charge is 2.23. The fourth-order valence-electron chi connectivity index (χ4n) is 0.610. The van der Waals surface area contributed by atoms with E-state index in [0.717, 1.165) is 10.7 Å². The number of rotatable bonds is 4. The Balaban J connectivity index is 5.42. The van der Waals surface area contributed by atoms with Gasteiger partial charge in [0.05, 0.1) is 5.41 Å². The molecule has 0 N–H and O–H groups in total. The van der Waals surface area contributed by atoms with Crippen molar-refractivity contribution in [3.8, 4) is 0 Å². The predicted molar refractivity (Wildman–Crippen MR) is 60.1 cm³/mol. The van der Waals surface area contributed by atoms with Gasteiger partial charge in [0.25, 0.3) is 0 Å². The third-order valence-corrected chi connectivity index (χ3v) is 3.75. The average molecular weight is 260 g/mol. The van der Waals surface area contributed by atoms with E-state index in [-0.39, 0.29) is 11.5 Å². The molecule has 76 valence electrons. The zero-order valence-electron chi connectivity index (χ0n) is 6.41. The van der Waals surface area contributed by atoms with Crippen LogP contribution in [0.4, 0.5) is 0 Å². The molecule has 0 fully saturated rings. The van der Waals surface area contributed by atoms with Crippen LogP contribution in [0.25, 0.3) is 0 Å². The summed E-state index contributed by atoms with van der Waals surface area (Å²) in [7, 11) is -4.86. The van der Waals surface area contributed by atoms with Gasteiger partial charge in [0.1, 0.15) is 0 Å². The fourth-order valence-corrected chi connectivity index (χ4v) is 3.19. The summed E-state index contributed by atoms with van der Waals surface area (Å²) in [6.45, 7) is 0. The van der Waals surface area contributed by atoms with Crippen LogP contribution in [0.5, 0.6) is 0 Å². The molecule has 0 aromatic carbocycles. The molecule has 0 saturated carbocycles. The maximum Gasteiger partial charge on any atom is 0.210 e. The molecule has 0 amide bonds. The van der Waals surface area contributed by atoms with Gasteiger partial charge in [-0.15, -0.1) is 0 Å². The second-order valence-electron chi connectivity index (χ2n) is 2.31. The molecule has 0 radical (unpaired) electrons. The van der Waals surface area contributed by atoms with Crippen molar-refractivity contribution >= 4 is 56.6 Å². The highest BCUT2D eigenvalue weighted by atomic mass is 32.2. The summed E-state index contributed by atoms with van der Waals surface area (Å²) in [5, 5.41) is 1.76. The smallest absolute Gasteiger partial charge is 0.185 e. The van der Waals surface area contributed by atoms with Crippen molar-refractivity contribution in [1.82, 2.24) is 0 Å². The van der Waals surface area contributed by atoms with E-state index < -0.39 is 26.0 Å². The first kappa shape index (κ1) is 13.1. The molecular formula is C5H8O4S4. The van der Waals surface area contributed by atoms with E-state index in [9.17, 15) is 16.8 Å². The monoisotopic (exact) mass is 260 g/mol.